The van der Waals surface area contributed by atoms with Crippen LogP contribution in [-0.4, -0.2) is 16.2 Å². The zero-order valence-electron chi connectivity index (χ0n) is 13.9. The Morgan fingerprint density at radius 1 is 1.17 bits per heavy atom. The van der Waals surface area contributed by atoms with Crippen LogP contribution in [0.2, 0.25) is 0 Å². The summed E-state index contributed by atoms with van der Waals surface area (Å²) in [6, 6.07) is 5.48. The molecule has 0 radical (unpaired) electrons. The summed E-state index contributed by atoms with van der Waals surface area (Å²) in [6.45, 7) is 8.41. The van der Waals surface area contributed by atoms with Crippen LogP contribution >= 0.6 is 11.8 Å². The van der Waals surface area contributed by atoms with Crippen molar-refractivity contribution < 1.29 is 13.2 Å². The molecule has 0 atom stereocenters. The molecule has 1 aromatic rings. The average Bonchev–Trinajstić information content (AvgIpc) is 2.52. The van der Waals surface area contributed by atoms with E-state index < -0.39 is 11.7 Å². The zero-order chi connectivity index (χ0) is 17.3. The van der Waals surface area contributed by atoms with Crippen molar-refractivity contribution in [2.45, 2.75) is 63.5 Å². The van der Waals surface area contributed by atoms with E-state index in [1.807, 2.05) is 0 Å². The van der Waals surface area contributed by atoms with E-state index in [0.29, 0.717) is 11.3 Å². The lowest BCUT2D eigenvalue weighted by Crippen LogP contribution is -2.41. The van der Waals surface area contributed by atoms with Gasteiger partial charge in [0.15, 0.2) is 5.17 Å². The SMILES string of the molecule is CC1(C)CCC(C)(C)NC(SCc2cccc(C(F)(F)F)c2)=N1. The second kappa shape index (κ2) is 6.38. The van der Waals surface area contributed by atoms with Gasteiger partial charge in [-0.2, -0.15) is 13.2 Å². The lowest BCUT2D eigenvalue weighted by molar-refractivity contribution is -0.137. The van der Waals surface area contributed by atoms with Crippen molar-refractivity contribution in [3.05, 3.63) is 35.4 Å². The van der Waals surface area contributed by atoms with Crippen molar-refractivity contribution >= 4 is 16.9 Å². The number of benzene rings is 1. The lowest BCUT2D eigenvalue weighted by Gasteiger charge is -2.26. The molecule has 0 fully saturated rings. The van der Waals surface area contributed by atoms with Crippen LogP contribution in [0, 0.1) is 0 Å². The van der Waals surface area contributed by atoms with Crippen molar-refractivity contribution in [3.63, 3.8) is 0 Å². The summed E-state index contributed by atoms with van der Waals surface area (Å²) >= 11 is 1.46. The van der Waals surface area contributed by atoms with Crippen LogP contribution in [-0.2, 0) is 11.9 Å². The molecule has 1 N–H and O–H groups in total. The summed E-state index contributed by atoms with van der Waals surface area (Å²) in [5.41, 5.74) is -0.175. The van der Waals surface area contributed by atoms with E-state index in [1.165, 1.54) is 23.9 Å². The van der Waals surface area contributed by atoms with E-state index >= 15 is 0 Å². The zero-order valence-corrected chi connectivity index (χ0v) is 14.7. The Balaban J connectivity index is 2.11. The molecule has 0 bridgehead atoms. The van der Waals surface area contributed by atoms with Crippen molar-refractivity contribution in [3.8, 4) is 0 Å². The molecule has 1 heterocycles. The highest BCUT2D eigenvalue weighted by molar-refractivity contribution is 8.13. The fourth-order valence-corrected chi connectivity index (χ4v) is 3.53. The normalized spacial score (nSPS) is 20.4. The van der Waals surface area contributed by atoms with Gasteiger partial charge in [-0.25, -0.2) is 0 Å². The molecule has 0 amide bonds. The Labute approximate surface area is 140 Å². The number of alkyl halides is 3. The minimum Gasteiger partial charge on any atom is -0.360 e. The number of thioether (sulfide) groups is 1. The molecule has 23 heavy (non-hydrogen) atoms. The van der Waals surface area contributed by atoms with Gasteiger partial charge in [-0.05, 0) is 52.2 Å². The second-order valence-electron chi connectivity index (χ2n) is 7.23. The number of hydrogen-bond acceptors (Lipinski definition) is 3. The molecule has 6 heteroatoms. The number of rotatable bonds is 2. The largest absolute Gasteiger partial charge is 0.416 e. The van der Waals surface area contributed by atoms with Gasteiger partial charge in [0, 0.05) is 11.3 Å². The number of nitrogens with one attached hydrogen (secondary N) is 1. The second-order valence-corrected chi connectivity index (χ2v) is 8.19. The Morgan fingerprint density at radius 2 is 1.87 bits per heavy atom. The average molecular weight is 344 g/mol. The van der Waals surface area contributed by atoms with Gasteiger partial charge in [-0.1, -0.05) is 30.0 Å². The van der Waals surface area contributed by atoms with Crippen LogP contribution in [0.1, 0.15) is 51.7 Å². The number of aliphatic imine (C=N–C) groups is 1. The highest BCUT2D eigenvalue weighted by Crippen LogP contribution is 2.31. The Bertz CT molecular complexity index is 592. The molecule has 0 aliphatic carbocycles. The maximum Gasteiger partial charge on any atom is 0.416 e. The van der Waals surface area contributed by atoms with Crippen LogP contribution in [0.3, 0.4) is 0 Å². The minimum absolute atomic E-state index is 0.0621. The molecule has 1 aliphatic heterocycles. The van der Waals surface area contributed by atoms with Crippen molar-refractivity contribution in [2.75, 3.05) is 0 Å². The summed E-state index contributed by atoms with van der Waals surface area (Å²) in [5.74, 6) is 0.460. The molecule has 2 nitrogen and oxygen atoms in total. The summed E-state index contributed by atoms with van der Waals surface area (Å²) in [6.07, 6.45) is -2.33. The number of halogens is 3. The van der Waals surface area contributed by atoms with Gasteiger partial charge in [0.05, 0.1) is 11.1 Å². The summed E-state index contributed by atoms with van der Waals surface area (Å²) in [7, 11) is 0. The number of nitrogens with zero attached hydrogens (tertiary/aromatic N) is 1. The van der Waals surface area contributed by atoms with E-state index in [0.717, 1.165) is 24.1 Å². The predicted octanol–water partition coefficient (Wildman–Crippen LogP) is 5.24. The predicted molar refractivity (Wildman–Crippen MR) is 90.7 cm³/mol. The fourth-order valence-electron chi connectivity index (χ4n) is 2.39. The van der Waals surface area contributed by atoms with Gasteiger partial charge in [0.1, 0.15) is 0 Å². The van der Waals surface area contributed by atoms with E-state index in [1.54, 1.807) is 6.07 Å². The molecule has 2 rings (SSSR count). The highest BCUT2D eigenvalue weighted by atomic mass is 32.2. The summed E-state index contributed by atoms with van der Waals surface area (Å²) in [5, 5.41) is 4.22. The Hall–Kier alpha value is -1.17. The Morgan fingerprint density at radius 3 is 2.52 bits per heavy atom. The van der Waals surface area contributed by atoms with Crippen LogP contribution in [0.5, 0.6) is 0 Å². The first kappa shape index (κ1) is 18.2. The topological polar surface area (TPSA) is 24.4 Å². The van der Waals surface area contributed by atoms with E-state index in [2.05, 4.69) is 33.0 Å². The first-order valence-corrected chi connectivity index (χ1v) is 8.62. The molecule has 1 aromatic carbocycles. The molecular weight excluding hydrogens is 321 g/mol. The molecule has 0 saturated carbocycles. The first-order valence-electron chi connectivity index (χ1n) is 7.64. The molecular formula is C17H23F3N2S. The smallest absolute Gasteiger partial charge is 0.360 e. The van der Waals surface area contributed by atoms with Crippen LogP contribution in [0.25, 0.3) is 0 Å². The van der Waals surface area contributed by atoms with Crippen LogP contribution in [0.4, 0.5) is 13.2 Å². The first-order chi connectivity index (χ1) is 10.5. The van der Waals surface area contributed by atoms with Gasteiger partial charge in [0.2, 0.25) is 0 Å². The van der Waals surface area contributed by atoms with Crippen molar-refractivity contribution in [1.29, 1.82) is 0 Å². The molecule has 1 aliphatic rings. The summed E-state index contributed by atoms with van der Waals surface area (Å²) in [4.78, 5) is 4.74. The van der Waals surface area contributed by atoms with Crippen molar-refractivity contribution in [2.24, 2.45) is 4.99 Å². The van der Waals surface area contributed by atoms with Crippen molar-refractivity contribution in [1.82, 2.24) is 5.32 Å². The third kappa shape index (κ3) is 5.44. The van der Waals surface area contributed by atoms with Gasteiger partial charge < -0.3 is 5.32 Å². The van der Waals surface area contributed by atoms with E-state index in [-0.39, 0.29) is 11.1 Å². The quantitative estimate of drug-likeness (QED) is 0.794. The van der Waals surface area contributed by atoms with Gasteiger partial charge >= 0.3 is 6.18 Å². The monoisotopic (exact) mass is 344 g/mol. The number of hydrogen-bond donors (Lipinski definition) is 1. The van der Waals surface area contributed by atoms with E-state index in [9.17, 15) is 13.2 Å². The third-order valence-electron chi connectivity index (χ3n) is 3.84. The minimum atomic E-state index is -4.30. The van der Waals surface area contributed by atoms with Crippen LogP contribution < -0.4 is 5.32 Å². The van der Waals surface area contributed by atoms with E-state index in [4.69, 9.17) is 4.99 Å². The summed E-state index contributed by atoms with van der Waals surface area (Å²) < 4.78 is 38.3. The molecule has 0 unspecified atom stereocenters. The molecule has 0 saturated heterocycles. The lowest BCUT2D eigenvalue weighted by atomic mass is 9.91. The standard InChI is InChI=1S/C17H23F3N2S/c1-15(2)8-9-16(3,4)22-14(21-15)23-11-12-6-5-7-13(10-12)17(18,19)20/h5-7,10H,8-9,11H2,1-4H3,(H,21,22). The van der Waals surface area contributed by atoms with Gasteiger partial charge in [-0.3, -0.25) is 4.99 Å². The van der Waals surface area contributed by atoms with Gasteiger partial charge in [0.25, 0.3) is 0 Å². The third-order valence-corrected chi connectivity index (χ3v) is 4.79. The maximum absolute atomic E-state index is 12.8. The molecule has 0 aromatic heterocycles. The fraction of sp³-hybridized carbons (Fsp3) is 0.588. The van der Waals surface area contributed by atoms with Gasteiger partial charge in [-0.15, -0.1) is 0 Å². The maximum atomic E-state index is 12.8. The molecule has 128 valence electrons. The molecule has 0 spiro atoms. The van der Waals surface area contributed by atoms with Crippen LogP contribution in [0.15, 0.2) is 29.3 Å². The Kier molecular flexibility index (Phi) is 5.04. The highest BCUT2D eigenvalue weighted by Gasteiger charge is 2.31. The number of amidine groups is 1.